The summed E-state index contributed by atoms with van der Waals surface area (Å²) in [5.74, 6) is -1.48. The zero-order chi connectivity index (χ0) is 30.1. The van der Waals surface area contributed by atoms with Crippen molar-refractivity contribution in [1.29, 1.82) is 0 Å². The molecule has 3 aromatic carbocycles. The standard InChI is InChI=1S/C32H29F2N5O4/c1-35-22-7-8-27(26(34)16-22)38-13-11-37(12-14-38)17-20-5-6-21(25(33)15-20)19-43-29-4-2-3-23-24(29)18-39(32(23)42)28-9-10-30(40)36-31(28)41/h2-8,15-16,28H,9-14,17-19H2,(H,36,40,41). The molecule has 220 valence electrons. The number of piperidine rings is 1. The summed E-state index contributed by atoms with van der Waals surface area (Å²) in [7, 11) is 0. The maximum Gasteiger partial charge on any atom is 0.255 e. The Hall–Kier alpha value is -4.82. The lowest BCUT2D eigenvalue weighted by atomic mass is 10.0. The van der Waals surface area contributed by atoms with Crippen LogP contribution in [0, 0.1) is 18.2 Å². The lowest BCUT2D eigenvalue weighted by Crippen LogP contribution is -2.52. The predicted molar refractivity (Wildman–Crippen MR) is 153 cm³/mol. The number of halogens is 2. The van der Waals surface area contributed by atoms with Gasteiger partial charge in [-0.15, -0.1) is 0 Å². The quantitative estimate of drug-likeness (QED) is 0.331. The van der Waals surface area contributed by atoms with Gasteiger partial charge in [-0.1, -0.05) is 24.3 Å². The molecule has 0 bridgehead atoms. The van der Waals surface area contributed by atoms with Crippen LogP contribution in [0.1, 0.15) is 39.9 Å². The number of nitrogens with one attached hydrogen (secondary N) is 1. The third kappa shape index (κ3) is 5.79. The minimum absolute atomic E-state index is 0.0360. The Morgan fingerprint density at radius 3 is 2.51 bits per heavy atom. The van der Waals surface area contributed by atoms with Gasteiger partial charge in [-0.25, -0.2) is 13.6 Å². The number of imide groups is 1. The Bertz CT molecular complexity index is 1650. The van der Waals surface area contributed by atoms with Gasteiger partial charge in [-0.2, -0.15) is 0 Å². The molecule has 3 aliphatic heterocycles. The van der Waals surface area contributed by atoms with Crippen LogP contribution in [-0.4, -0.2) is 59.7 Å². The topological polar surface area (TPSA) is 86.6 Å². The van der Waals surface area contributed by atoms with Crippen LogP contribution >= 0.6 is 0 Å². The zero-order valence-corrected chi connectivity index (χ0v) is 23.3. The summed E-state index contributed by atoms with van der Waals surface area (Å²) < 4.78 is 35.5. The van der Waals surface area contributed by atoms with Crippen LogP contribution in [0.15, 0.2) is 54.6 Å². The Kier molecular flexibility index (Phi) is 7.78. The molecule has 11 heteroatoms. The van der Waals surface area contributed by atoms with E-state index in [0.717, 1.165) is 5.56 Å². The van der Waals surface area contributed by atoms with Crippen molar-refractivity contribution < 1.29 is 27.9 Å². The molecule has 2 saturated heterocycles. The molecule has 1 unspecified atom stereocenters. The highest BCUT2D eigenvalue weighted by atomic mass is 19.1. The first-order chi connectivity index (χ1) is 20.8. The normalized spacial score (nSPS) is 18.8. The Labute approximate surface area is 247 Å². The van der Waals surface area contributed by atoms with Crippen LogP contribution in [-0.2, 0) is 29.3 Å². The van der Waals surface area contributed by atoms with Gasteiger partial charge in [0.2, 0.25) is 11.8 Å². The van der Waals surface area contributed by atoms with Crippen LogP contribution in [0.3, 0.4) is 0 Å². The van der Waals surface area contributed by atoms with E-state index in [1.165, 1.54) is 17.0 Å². The fourth-order valence-electron chi connectivity index (χ4n) is 5.88. The summed E-state index contributed by atoms with van der Waals surface area (Å²) in [6.07, 6.45) is 0.440. The van der Waals surface area contributed by atoms with Crippen LogP contribution in [0.25, 0.3) is 4.85 Å². The number of nitrogens with zero attached hydrogens (tertiary/aromatic N) is 4. The van der Waals surface area contributed by atoms with Gasteiger partial charge >= 0.3 is 0 Å². The van der Waals surface area contributed by atoms with E-state index < -0.39 is 23.6 Å². The summed E-state index contributed by atoms with van der Waals surface area (Å²) in [4.78, 5) is 45.8. The van der Waals surface area contributed by atoms with Gasteiger partial charge in [-0.05, 0) is 42.3 Å². The maximum absolute atomic E-state index is 15.1. The second kappa shape index (κ2) is 11.8. The number of anilines is 1. The minimum atomic E-state index is -0.725. The molecule has 3 aliphatic rings. The third-order valence-corrected chi connectivity index (χ3v) is 8.22. The van der Waals surface area contributed by atoms with E-state index in [4.69, 9.17) is 11.3 Å². The number of piperazine rings is 1. The largest absolute Gasteiger partial charge is 0.488 e. The molecule has 1 atom stereocenters. The summed E-state index contributed by atoms with van der Waals surface area (Å²) >= 11 is 0. The van der Waals surface area contributed by atoms with Gasteiger partial charge in [-0.3, -0.25) is 24.6 Å². The van der Waals surface area contributed by atoms with E-state index in [1.54, 1.807) is 36.4 Å². The summed E-state index contributed by atoms with van der Waals surface area (Å²) in [6, 6.07) is 13.9. The molecule has 43 heavy (non-hydrogen) atoms. The van der Waals surface area contributed by atoms with Crippen LogP contribution in [0.2, 0.25) is 0 Å². The van der Waals surface area contributed by atoms with Crippen molar-refractivity contribution in [2.45, 2.75) is 38.6 Å². The van der Waals surface area contributed by atoms with Crippen molar-refractivity contribution in [2.24, 2.45) is 0 Å². The molecule has 9 nitrogen and oxygen atoms in total. The van der Waals surface area contributed by atoms with Gasteiger partial charge in [0.15, 0.2) is 5.69 Å². The van der Waals surface area contributed by atoms with Gasteiger partial charge in [0.1, 0.15) is 30.0 Å². The lowest BCUT2D eigenvalue weighted by Gasteiger charge is -2.36. The Balaban J connectivity index is 1.05. The molecule has 0 aromatic heterocycles. The molecule has 2 fully saturated rings. The van der Waals surface area contributed by atoms with Crippen molar-refractivity contribution in [3.05, 3.63) is 99.9 Å². The first kappa shape index (κ1) is 28.3. The van der Waals surface area contributed by atoms with Gasteiger partial charge in [0, 0.05) is 55.8 Å². The number of hydrogen-bond acceptors (Lipinski definition) is 6. The second-order valence-corrected chi connectivity index (χ2v) is 10.9. The van der Waals surface area contributed by atoms with Gasteiger partial charge in [0.05, 0.1) is 18.8 Å². The zero-order valence-electron chi connectivity index (χ0n) is 23.3. The van der Waals surface area contributed by atoms with E-state index in [-0.39, 0.29) is 43.5 Å². The molecule has 1 N–H and O–H groups in total. The van der Waals surface area contributed by atoms with Crippen molar-refractivity contribution in [2.75, 3.05) is 31.1 Å². The fourth-order valence-corrected chi connectivity index (χ4v) is 5.88. The molecule has 6 rings (SSSR count). The fraction of sp³-hybridized carbons (Fsp3) is 0.312. The van der Waals surface area contributed by atoms with E-state index in [2.05, 4.69) is 15.1 Å². The molecular formula is C32H29F2N5O4. The van der Waals surface area contributed by atoms with E-state index in [1.807, 2.05) is 11.0 Å². The monoisotopic (exact) mass is 585 g/mol. The Morgan fingerprint density at radius 2 is 1.79 bits per heavy atom. The predicted octanol–water partition coefficient (Wildman–Crippen LogP) is 4.18. The number of rotatable bonds is 7. The third-order valence-electron chi connectivity index (χ3n) is 8.22. The average molecular weight is 586 g/mol. The van der Waals surface area contributed by atoms with E-state index in [0.29, 0.717) is 60.9 Å². The van der Waals surface area contributed by atoms with Crippen molar-refractivity contribution >= 4 is 29.1 Å². The number of ether oxygens (including phenoxy) is 1. The molecule has 3 heterocycles. The smallest absolute Gasteiger partial charge is 0.255 e. The molecule has 3 amide bonds. The minimum Gasteiger partial charge on any atom is -0.488 e. The number of carbonyl (C=O) groups excluding carboxylic acids is 3. The highest BCUT2D eigenvalue weighted by molar-refractivity contribution is 6.05. The average Bonchev–Trinajstić information content (AvgIpc) is 3.33. The molecule has 0 spiro atoms. The number of benzene rings is 3. The highest BCUT2D eigenvalue weighted by Crippen LogP contribution is 2.34. The van der Waals surface area contributed by atoms with E-state index >= 15 is 4.39 Å². The molecule has 0 radical (unpaired) electrons. The first-order valence-electron chi connectivity index (χ1n) is 14.1. The number of fused-ring (bicyclic) bond motifs is 1. The molecule has 0 aliphatic carbocycles. The number of amides is 3. The Morgan fingerprint density at radius 1 is 0.977 bits per heavy atom. The second-order valence-electron chi connectivity index (χ2n) is 10.9. The summed E-state index contributed by atoms with van der Waals surface area (Å²) in [5, 5.41) is 2.29. The van der Waals surface area contributed by atoms with Crippen LogP contribution < -0.4 is 15.0 Å². The molecule has 3 aromatic rings. The summed E-state index contributed by atoms with van der Waals surface area (Å²) in [6.45, 7) is 10.3. The van der Waals surface area contributed by atoms with Crippen LogP contribution in [0.4, 0.5) is 20.2 Å². The number of hydrogen-bond donors (Lipinski definition) is 1. The van der Waals surface area contributed by atoms with Gasteiger partial charge in [0.25, 0.3) is 5.91 Å². The first-order valence-corrected chi connectivity index (χ1v) is 14.1. The van der Waals surface area contributed by atoms with Gasteiger partial charge < -0.3 is 14.5 Å². The summed E-state index contributed by atoms with van der Waals surface area (Å²) in [5.41, 5.74) is 3.01. The van der Waals surface area contributed by atoms with Crippen molar-refractivity contribution in [1.82, 2.24) is 15.1 Å². The molecule has 0 saturated carbocycles. The number of carbonyl (C=O) groups is 3. The molecular weight excluding hydrogens is 556 g/mol. The van der Waals surface area contributed by atoms with E-state index in [9.17, 15) is 18.8 Å². The maximum atomic E-state index is 15.1. The van der Waals surface area contributed by atoms with Crippen LogP contribution in [0.5, 0.6) is 5.75 Å². The lowest BCUT2D eigenvalue weighted by molar-refractivity contribution is -0.136. The SMILES string of the molecule is [C-]#[N+]c1ccc(N2CCN(Cc3ccc(COc4cccc5c4CN(C4CCC(=O)NC4=O)C5=O)c(F)c3)CC2)c(F)c1. The van der Waals surface area contributed by atoms with Crippen molar-refractivity contribution in [3.63, 3.8) is 0 Å². The van der Waals surface area contributed by atoms with Crippen molar-refractivity contribution in [3.8, 4) is 5.75 Å². The highest BCUT2D eigenvalue weighted by Gasteiger charge is 2.40.